The Balaban J connectivity index is 1.13. The van der Waals surface area contributed by atoms with Gasteiger partial charge in [-0.3, -0.25) is 18.1 Å². The molecule has 0 radical (unpaired) electrons. The summed E-state index contributed by atoms with van der Waals surface area (Å²) in [7, 11) is -4.00. The van der Waals surface area contributed by atoms with Crippen molar-refractivity contribution in [2.24, 2.45) is 5.92 Å². The maximum absolute atomic E-state index is 13.4. The molecule has 41 heavy (non-hydrogen) atoms. The third-order valence-electron chi connectivity index (χ3n) is 7.55. The summed E-state index contributed by atoms with van der Waals surface area (Å²) in [5.41, 5.74) is 6.05. The summed E-state index contributed by atoms with van der Waals surface area (Å²) < 4.78 is 55.4. The summed E-state index contributed by atoms with van der Waals surface area (Å²) in [6.45, 7) is 2.01. The van der Waals surface area contributed by atoms with Crippen LogP contribution in [-0.4, -0.2) is 63.3 Å². The number of hydrogen-bond donors (Lipinski definition) is 1. The van der Waals surface area contributed by atoms with Gasteiger partial charge in [0.05, 0.1) is 25.9 Å². The second-order valence-corrected chi connectivity index (χ2v) is 12.6. The zero-order valence-corrected chi connectivity index (χ0v) is 23.5. The third kappa shape index (κ3) is 5.02. The molecule has 0 amide bonds. The van der Waals surface area contributed by atoms with Gasteiger partial charge in [0.1, 0.15) is 12.4 Å². The number of nitrogens with zero attached hydrogens (tertiary/aromatic N) is 4. The predicted octanol–water partition coefficient (Wildman–Crippen LogP) is 4.35. The minimum absolute atomic E-state index is 0.0140. The predicted molar refractivity (Wildman–Crippen MR) is 141 cm³/mol. The van der Waals surface area contributed by atoms with E-state index in [-0.39, 0.29) is 30.7 Å². The Bertz CT molecular complexity index is 1550. The fraction of sp³-hybridized carbons (Fsp3) is 0.520. The van der Waals surface area contributed by atoms with E-state index in [0.717, 1.165) is 18.4 Å². The average molecular weight is 608 g/mol. The summed E-state index contributed by atoms with van der Waals surface area (Å²) in [6, 6.07) is 7.09. The number of carbonyl (C=O) groups is 1. The van der Waals surface area contributed by atoms with Crippen LogP contribution in [0.2, 0.25) is 5.02 Å². The van der Waals surface area contributed by atoms with Gasteiger partial charge < -0.3 is 24.7 Å². The van der Waals surface area contributed by atoms with E-state index in [1.807, 2.05) is 6.07 Å². The van der Waals surface area contributed by atoms with E-state index in [1.54, 1.807) is 29.7 Å². The monoisotopic (exact) mass is 607 g/mol. The minimum Gasteiger partial charge on any atom is -0.476 e. The molecule has 4 fully saturated rings. The molecule has 5 heterocycles. The van der Waals surface area contributed by atoms with Gasteiger partial charge in [-0.15, -0.1) is 0 Å². The molecule has 2 aromatic heterocycles. The van der Waals surface area contributed by atoms with E-state index in [0.29, 0.717) is 29.5 Å². The number of hydrogen-bond acceptors (Lipinski definition) is 13. The van der Waals surface area contributed by atoms with Gasteiger partial charge in [0.2, 0.25) is 11.8 Å². The van der Waals surface area contributed by atoms with E-state index >= 15 is 0 Å². The zero-order chi connectivity index (χ0) is 28.4. The SMILES string of the molecule is C[C@@]12OC(=O)O[C@@H]1[C@@H](CO[P@@]1(=O)OCC[C@@H](c3cccc(Cl)c3)O1)O[C@H]2n1cnc2nc(N)nc(OCC3CC3)c21. The summed E-state index contributed by atoms with van der Waals surface area (Å²) in [4.78, 5) is 25.2. The number of nitrogen functional groups attached to an aromatic ring is 1. The van der Waals surface area contributed by atoms with Crippen LogP contribution in [0.25, 0.3) is 11.2 Å². The van der Waals surface area contributed by atoms with Crippen molar-refractivity contribution in [3.05, 3.63) is 41.2 Å². The molecule has 0 spiro atoms. The first-order valence-corrected chi connectivity index (χ1v) is 15.1. The van der Waals surface area contributed by atoms with Gasteiger partial charge >= 0.3 is 14.0 Å². The molecule has 4 aliphatic rings. The highest BCUT2D eigenvalue weighted by atomic mass is 35.5. The minimum atomic E-state index is -4.00. The molecule has 3 aliphatic heterocycles. The van der Waals surface area contributed by atoms with Crippen LogP contribution in [-0.2, 0) is 32.3 Å². The van der Waals surface area contributed by atoms with Gasteiger partial charge in [0.25, 0.3) is 0 Å². The highest BCUT2D eigenvalue weighted by Gasteiger charge is 2.64. The Morgan fingerprint density at radius 3 is 2.90 bits per heavy atom. The number of rotatable bonds is 8. The Kier molecular flexibility index (Phi) is 6.60. The van der Waals surface area contributed by atoms with Gasteiger partial charge in [-0.2, -0.15) is 9.97 Å². The molecule has 3 aromatic rings. The molecule has 7 rings (SSSR count). The lowest BCUT2D eigenvalue weighted by Gasteiger charge is -2.30. The number of nitrogens with two attached hydrogens (primary N) is 1. The van der Waals surface area contributed by atoms with Crippen molar-refractivity contribution in [2.45, 2.75) is 56.3 Å². The van der Waals surface area contributed by atoms with Crippen molar-refractivity contribution in [3.63, 3.8) is 0 Å². The molecule has 1 saturated carbocycles. The molecule has 0 bridgehead atoms. The van der Waals surface area contributed by atoms with Crippen LogP contribution >= 0.6 is 19.4 Å². The summed E-state index contributed by atoms with van der Waals surface area (Å²) in [5.74, 6) is 0.713. The van der Waals surface area contributed by atoms with Crippen LogP contribution in [0.5, 0.6) is 5.88 Å². The smallest absolute Gasteiger partial charge is 0.476 e. The van der Waals surface area contributed by atoms with Crippen LogP contribution in [0, 0.1) is 5.92 Å². The number of anilines is 1. The van der Waals surface area contributed by atoms with E-state index in [2.05, 4.69) is 15.0 Å². The maximum atomic E-state index is 13.4. The maximum Gasteiger partial charge on any atom is 0.509 e. The second-order valence-electron chi connectivity index (χ2n) is 10.6. The topological polar surface area (TPSA) is 168 Å². The number of fused-ring (bicyclic) bond motifs is 2. The standard InChI is InChI=1S/C25H27ClN5O9P/c1-25-19(38-24(32)39-25)17(11-36-41(33)35-8-7-16(40-41)14-3-2-4-15(26)9-14)37-22(25)31-12-28-20-18(31)21(30-23(27)29-20)34-10-13-5-6-13/h2-4,9,12-13,16-17,19,22H,5-8,10-11H2,1H3,(H2,27,29,30)/t16-,17+,19+,22+,25+,41+/m0/s1. The lowest BCUT2D eigenvalue weighted by Crippen LogP contribution is -2.42. The first-order valence-electron chi connectivity index (χ1n) is 13.2. The average Bonchev–Trinajstić information content (AvgIpc) is 3.51. The number of phosphoric ester groups is 1. The first kappa shape index (κ1) is 26.9. The van der Waals surface area contributed by atoms with Crippen LogP contribution in [0.15, 0.2) is 30.6 Å². The summed E-state index contributed by atoms with van der Waals surface area (Å²) in [6.07, 6.45) is -0.0515. The first-order chi connectivity index (χ1) is 19.7. The third-order valence-corrected chi connectivity index (χ3v) is 9.26. The Hall–Kier alpha value is -3.00. The van der Waals surface area contributed by atoms with E-state index in [9.17, 15) is 9.36 Å². The lowest BCUT2D eigenvalue weighted by molar-refractivity contribution is -0.0924. The molecular weight excluding hydrogens is 581 g/mol. The lowest BCUT2D eigenvalue weighted by atomic mass is 9.96. The van der Waals surface area contributed by atoms with Crippen molar-refractivity contribution < 1.29 is 41.9 Å². The van der Waals surface area contributed by atoms with Gasteiger partial charge in [0, 0.05) is 11.4 Å². The number of carbonyl (C=O) groups excluding carboxylic acids is 1. The molecule has 218 valence electrons. The number of imidazole rings is 1. The fourth-order valence-electron chi connectivity index (χ4n) is 5.33. The summed E-state index contributed by atoms with van der Waals surface area (Å²) in [5, 5.41) is 0.530. The van der Waals surface area contributed by atoms with Crippen LogP contribution in [0.1, 0.15) is 44.1 Å². The van der Waals surface area contributed by atoms with E-state index in [1.165, 1.54) is 6.33 Å². The normalized spacial score (nSPS) is 33.0. The van der Waals surface area contributed by atoms with Crippen molar-refractivity contribution in [1.29, 1.82) is 0 Å². The molecule has 0 unspecified atom stereocenters. The molecule has 1 aromatic carbocycles. The largest absolute Gasteiger partial charge is 0.509 e. The second kappa shape index (κ2) is 10.1. The van der Waals surface area contributed by atoms with E-state index in [4.69, 9.17) is 49.9 Å². The number of benzene rings is 1. The van der Waals surface area contributed by atoms with Crippen molar-refractivity contribution in [3.8, 4) is 5.88 Å². The van der Waals surface area contributed by atoms with Crippen LogP contribution in [0.4, 0.5) is 10.7 Å². The van der Waals surface area contributed by atoms with Crippen molar-refractivity contribution in [1.82, 2.24) is 19.5 Å². The highest BCUT2D eigenvalue weighted by Crippen LogP contribution is 2.58. The number of ether oxygens (including phenoxy) is 4. The Morgan fingerprint density at radius 2 is 2.10 bits per heavy atom. The van der Waals surface area contributed by atoms with Crippen molar-refractivity contribution in [2.75, 3.05) is 25.6 Å². The molecule has 6 atom stereocenters. The molecule has 16 heteroatoms. The van der Waals surface area contributed by atoms with Crippen LogP contribution in [0.3, 0.4) is 0 Å². The molecule has 3 saturated heterocycles. The van der Waals surface area contributed by atoms with Gasteiger partial charge in [0.15, 0.2) is 29.1 Å². The molecule has 2 N–H and O–H groups in total. The van der Waals surface area contributed by atoms with Gasteiger partial charge in [-0.1, -0.05) is 23.7 Å². The fourth-order valence-corrected chi connectivity index (χ4v) is 6.92. The number of aromatic nitrogens is 4. The quantitative estimate of drug-likeness (QED) is 0.284. The molecule has 1 aliphatic carbocycles. The van der Waals surface area contributed by atoms with Gasteiger partial charge in [-0.05, 0) is 43.4 Å². The van der Waals surface area contributed by atoms with Crippen molar-refractivity contribution >= 4 is 42.7 Å². The van der Waals surface area contributed by atoms with E-state index < -0.39 is 44.1 Å². The van der Waals surface area contributed by atoms with Gasteiger partial charge in [-0.25, -0.2) is 14.3 Å². The number of phosphoric acid groups is 1. The molecule has 14 nitrogen and oxygen atoms in total. The highest BCUT2D eigenvalue weighted by molar-refractivity contribution is 7.48. The van der Waals surface area contributed by atoms with Crippen LogP contribution < -0.4 is 10.5 Å². The Morgan fingerprint density at radius 1 is 1.24 bits per heavy atom. The number of halogens is 1. The molecular formula is C25H27ClN5O9P. The zero-order valence-electron chi connectivity index (χ0n) is 21.9. The summed E-state index contributed by atoms with van der Waals surface area (Å²) >= 11 is 6.12. The Labute approximate surface area is 238 Å².